The second-order valence-electron chi connectivity index (χ2n) is 6.05. The molecule has 0 bridgehead atoms. The Morgan fingerprint density at radius 1 is 1.40 bits per heavy atom. The molecule has 2 fully saturated rings. The van der Waals surface area contributed by atoms with Crippen molar-refractivity contribution in [2.24, 2.45) is 11.1 Å². The highest BCUT2D eigenvalue weighted by Crippen LogP contribution is 2.38. The van der Waals surface area contributed by atoms with E-state index in [0.29, 0.717) is 0 Å². The van der Waals surface area contributed by atoms with Gasteiger partial charge in [-0.2, -0.15) is 0 Å². The van der Waals surface area contributed by atoms with Gasteiger partial charge in [-0.05, 0) is 32.4 Å². The van der Waals surface area contributed by atoms with Crippen molar-refractivity contribution in [3.8, 4) is 0 Å². The van der Waals surface area contributed by atoms with E-state index in [4.69, 9.17) is 5.73 Å². The number of hydrogen-bond donors (Lipinski definition) is 3. The number of nitrogens with two attached hydrogens (primary N) is 1. The lowest BCUT2D eigenvalue weighted by molar-refractivity contribution is -0.148. The predicted molar refractivity (Wildman–Crippen MR) is 74.8 cm³/mol. The minimum Gasteiger partial charge on any atom is -0.391 e. The quantitative estimate of drug-likeness (QED) is 0.654. The lowest BCUT2D eigenvalue weighted by Gasteiger charge is -2.40. The van der Waals surface area contributed by atoms with E-state index in [1.165, 1.54) is 4.90 Å². The lowest BCUT2D eigenvalue weighted by atomic mass is 9.74. The summed E-state index contributed by atoms with van der Waals surface area (Å²) >= 11 is 0. The van der Waals surface area contributed by atoms with Crippen molar-refractivity contribution in [1.29, 1.82) is 0 Å². The summed E-state index contributed by atoms with van der Waals surface area (Å²) in [7, 11) is 0. The first-order valence-electron chi connectivity index (χ1n) is 7.49. The fourth-order valence-electron chi connectivity index (χ4n) is 3.57. The number of carbonyl (C=O) groups excluding carboxylic acids is 2. The minimum absolute atomic E-state index is 0.00111. The normalized spacial score (nSPS) is 29.4. The van der Waals surface area contributed by atoms with E-state index in [1.807, 2.05) is 0 Å². The van der Waals surface area contributed by atoms with Gasteiger partial charge < -0.3 is 21.1 Å². The number of primary amides is 1. The van der Waals surface area contributed by atoms with Gasteiger partial charge in [0, 0.05) is 13.0 Å². The molecule has 2 aliphatic heterocycles. The zero-order chi connectivity index (χ0) is 14.8. The molecule has 0 radical (unpaired) electrons. The molecule has 4 N–H and O–H groups in total. The number of carbonyl (C=O) groups is 2. The van der Waals surface area contributed by atoms with E-state index in [0.717, 1.165) is 38.8 Å². The summed E-state index contributed by atoms with van der Waals surface area (Å²) in [6.07, 6.45) is 2.96. The van der Waals surface area contributed by atoms with Crippen molar-refractivity contribution in [2.75, 3.05) is 19.6 Å². The molecule has 20 heavy (non-hydrogen) atoms. The summed E-state index contributed by atoms with van der Waals surface area (Å²) in [4.78, 5) is 26.0. The van der Waals surface area contributed by atoms with Crippen LogP contribution in [0.4, 0.5) is 0 Å². The summed E-state index contributed by atoms with van der Waals surface area (Å²) < 4.78 is 0. The number of β-amino-alcohol motifs (C(OH)–C–C–N with tert-alkyl or cyclic N) is 1. The largest absolute Gasteiger partial charge is 0.391 e. The Bertz CT molecular complexity index is 374. The number of nitrogens with zero attached hydrogens (tertiary/aromatic N) is 1. The van der Waals surface area contributed by atoms with Crippen LogP contribution in [0, 0.1) is 5.41 Å². The van der Waals surface area contributed by atoms with E-state index in [9.17, 15) is 14.7 Å². The third-order valence-corrected chi connectivity index (χ3v) is 4.61. The molecule has 2 amide bonds. The maximum atomic E-state index is 13.0. The van der Waals surface area contributed by atoms with E-state index in [-0.39, 0.29) is 18.9 Å². The van der Waals surface area contributed by atoms with Gasteiger partial charge in [-0.15, -0.1) is 0 Å². The molecule has 114 valence electrons. The molecule has 2 aliphatic rings. The standard InChI is InChI=1S/C14H25N3O3/c1-2-3-14(4-6-16-7-5-14)13(20)17-9-10(18)8-11(17)12(15)19/h10-11,16,18H,2-9H2,1H3,(H2,15,19). The van der Waals surface area contributed by atoms with Gasteiger partial charge >= 0.3 is 0 Å². The van der Waals surface area contributed by atoms with E-state index in [1.54, 1.807) is 0 Å². The van der Waals surface area contributed by atoms with Gasteiger partial charge in [0.05, 0.1) is 11.5 Å². The second kappa shape index (κ2) is 6.10. The van der Waals surface area contributed by atoms with Crippen LogP contribution < -0.4 is 11.1 Å². The van der Waals surface area contributed by atoms with Crippen molar-refractivity contribution < 1.29 is 14.7 Å². The van der Waals surface area contributed by atoms with Gasteiger partial charge in [0.2, 0.25) is 11.8 Å². The Hall–Kier alpha value is -1.14. The van der Waals surface area contributed by atoms with E-state index in [2.05, 4.69) is 12.2 Å². The molecule has 2 heterocycles. The zero-order valence-electron chi connectivity index (χ0n) is 12.1. The first-order chi connectivity index (χ1) is 9.50. The van der Waals surface area contributed by atoms with Crippen LogP contribution >= 0.6 is 0 Å². The number of hydrogen-bond acceptors (Lipinski definition) is 4. The van der Waals surface area contributed by atoms with Crippen LogP contribution in [0.5, 0.6) is 0 Å². The van der Waals surface area contributed by atoms with Crippen molar-refractivity contribution in [2.45, 2.75) is 51.2 Å². The van der Waals surface area contributed by atoms with Crippen molar-refractivity contribution in [3.63, 3.8) is 0 Å². The molecule has 0 aliphatic carbocycles. The molecular formula is C14H25N3O3. The highest BCUT2D eigenvalue weighted by Gasteiger charge is 2.47. The van der Waals surface area contributed by atoms with Crippen molar-refractivity contribution in [3.05, 3.63) is 0 Å². The maximum Gasteiger partial charge on any atom is 0.240 e. The van der Waals surface area contributed by atoms with Crippen molar-refractivity contribution >= 4 is 11.8 Å². The number of rotatable bonds is 4. The molecule has 2 atom stereocenters. The number of nitrogens with one attached hydrogen (secondary N) is 1. The van der Waals surface area contributed by atoms with Gasteiger partial charge in [0.15, 0.2) is 0 Å². The monoisotopic (exact) mass is 283 g/mol. The summed E-state index contributed by atoms with van der Waals surface area (Å²) in [6.45, 7) is 3.94. The molecule has 0 saturated carbocycles. The summed E-state index contributed by atoms with van der Waals surface area (Å²) in [6, 6.07) is -0.652. The second-order valence-corrected chi connectivity index (χ2v) is 6.05. The first kappa shape index (κ1) is 15.3. The molecule has 0 aromatic rings. The number of piperidine rings is 1. The van der Waals surface area contributed by atoms with E-state index < -0.39 is 23.5 Å². The first-order valence-corrected chi connectivity index (χ1v) is 7.49. The number of likely N-dealkylation sites (tertiary alicyclic amines) is 1. The lowest BCUT2D eigenvalue weighted by Crippen LogP contribution is -2.53. The highest BCUT2D eigenvalue weighted by molar-refractivity contribution is 5.90. The summed E-state index contributed by atoms with van der Waals surface area (Å²) in [5, 5.41) is 13.0. The van der Waals surface area contributed by atoms with Crippen LogP contribution in [0.25, 0.3) is 0 Å². The Morgan fingerprint density at radius 3 is 2.60 bits per heavy atom. The Labute approximate surface area is 119 Å². The summed E-state index contributed by atoms with van der Waals surface area (Å²) in [5.41, 5.74) is 4.99. The molecule has 0 spiro atoms. The molecule has 6 heteroatoms. The molecule has 2 rings (SSSR count). The third-order valence-electron chi connectivity index (χ3n) is 4.61. The average Bonchev–Trinajstić information content (AvgIpc) is 2.81. The molecule has 0 aromatic carbocycles. The van der Waals surface area contributed by atoms with Crippen LogP contribution in [0.2, 0.25) is 0 Å². The van der Waals surface area contributed by atoms with Gasteiger partial charge in [0.1, 0.15) is 6.04 Å². The molecule has 2 saturated heterocycles. The van der Waals surface area contributed by atoms with Gasteiger partial charge in [-0.1, -0.05) is 13.3 Å². The van der Waals surface area contributed by atoms with Gasteiger partial charge in [0.25, 0.3) is 0 Å². The Balaban J connectivity index is 2.20. The minimum atomic E-state index is -0.652. The van der Waals surface area contributed by atoms with Crippen LogP contribution in [-0.4, -0.2) is 53.6 Å². The van der Waals surface area contributed by atoms with Gasteiger partial charge in [-0.3, -0.25) is 9.59 Å². The Morgan fingerprint density at radius 2 is 2.05 bits per heavy atom. The Kier molecular flexibility index (Phi) is 4.65. The molecule has 2 unspecified atom stereocenters. The van der Waals surface area contributed by atoms with Gasteiger partial charge in [-0.25, -0.2) is 0 Å². The predicted octanol–water partition coefficient (Wildman–Crippen LogP) is -0.397. The molecule has 0 aromatic heterocycles. The van der Waals surface area contributed by atoms with Crippen LogP contribution in [-0.2, 0) is 9.59 Å². The van der Waals surface area contributed by atoms with E-state index >= 15 is 0 Å². The zero-order valence-corrected chi connectivity index (χ0v) is 12.1. The van der Waals surface area contributed by atoms with Crippen LogP contribution in [0.1, 0.15) is 39.0 Å². The topological polar surface area (TPSA) is 95.7 Å². The third kappa shape index (κ3) is 2.81. The average molecular weight is 283 g/mol. The smallest absolute Gasteiger partial charge is 0.240 e. The van der Waals surface area contributed by atoms with Crippen LogP contribution in [0.3, 0.4) is 0 Å². The van der Waals surface area contributed by atoms with Crippen molar-refractivity contribution in [1.82, 2.24) is 10.2 Å². The highest BCUT2D eigenvalue weighted by atomic mass is 16.3. The number of aliphatic hydroxyl groups is 1. The summed E-state index contributed by atoms with van der Waals surface area (Å²) in [5.74, 6) is -0.517. The molecular weight excluding hydrogens is 258 g/mol. The molecule has 6 nitrogen and oxygen atoms in total. The fraction of sp³-hybridized carbons (Fsp3) is 0.857. The van der Waals surface area contributed by atoms with Crippen LogP contribution in [0.15, 0.2) is 0 Å². The maximum absolute atomic E-state index is 13.0. The fourth-order valence-corrected chi connectivity index (χ4v) is 3.57. The number of amides is 2. The number of aliphatic hydroxyl groups excluding tert-OH is 1. The SMILES string of the molecule is CCCC1(C(=O)N2CC(O)CC2C(N)=O)CCNCC1.